The van der Waals surface area contributed by atoms with E-state index in [0.717, 1.165) is 51.2 Å². The number of rotatable bonds is 7. The molecule has 1 aliphatic rings. The van der Waals surface area contributed by atoms with Crippen LogP contribution in [0.2, 0.25) is 0 Å². The molecule has 0 unspecified atom stereocenters. The van der Waals surface area contributed by atoms with Crippen molar-refractivity contribution in [3.8, 4) is 5.75 Å². The molecule has 0 saturated carbocycles. The van der Waals surface area contributed by atoms with E-state index in [4.69, 9.17) is 9.47 Å². The summed E-state index contributed by atoms with van der Waals surface area (Å²) in [6, 6.07) is 3.90. The van der Waals surface area contributed by atoms with Crippen LogP contribution in [-0.2, 0) is 22.4 Å². The van der Waals surface area contributed by atoms with Crippen molar-refractivity contribution in [2.24, 2.45) is 5.92 Å². The van der Waals surface area contributed by atoms with Crippen molar-refractivity contribution in [1.82, 2.24) is 24.5 Å². The average Bonchev–Trinajstić information content (AvgIpc) is 3.46. The summed E-state index contributed by atoms with van der Waals surface area (Å²) >= 11 is 2.99. The Bertz CT molecular complexity index is 1350. The quantitative estimate of drug-likeness (QED) is 0.407. The van der Waals surface area contributed by atoms with Crippen LogP contribution in [0, 0.1) is 5.92 Å². The third-order valence-corrected chi connectivity index (χ3v) is 8.28. The molecule has 0 bridgehead atoms. The van der Waals surface area contributed by atoms with Gasteiger partial charge in [0.15, 0.2) is 0 Å². The van der Waals surface area contributed by atoms with Crippen LogP contribution in [0.1, 0.15) is 23.8 Å². The summed E-state index contributed by atoms with van der Waals surface area (Å²) in [7, 11) is 5.16. The fourth-order valence-electron chi connectivity index (χ4n) is 4.48. The number of benzene rings is 1. The lowest BCUT2D eigenvalue weighted by Crippen LogP contribution is -2.42. The number of aryl methyl sites for hydroxylation is 1. The number of amides is 1. The van der Waals surface area contributed by atoms with E-state index in [2.05, 4.69) is 24.9 Å². The molecule has 0 spiro atoms. The second-order valence-corrected chi connectivity index (χ2v) is 10.4. The van der Waals surface area contributed by atoms with Gasteiger partial charge in [-0.2, -0.15) is 0 Å². The van der Waals surface area contributed by atoms with E-state index in [1.54, 1.807) is 31.9 Å². The molecule has 4 aromatic rings. The number of fused-ring (bicyclic) bond motifs is 4. The average molecular weight is 499 g/mol. The monoisotopic (exact) mass is 498 g/mol. The van der Waals surface area contributed by atoms with Gasteiger partial charge in [-0.3, -0.25) is 4.79 Å². The van der Waals surface area contributed by atoms with Crippen LogP contribution >= 0.6 is 22.9 Å². The minimum atomic E-state index is -0.0319. The van der Waals surface area contributed by atoms with Gasteiger partial charge in [-0.15, -0.1) is 16.4 Å². The third kappa shape index (κ3) is 4.08. The Balaban J connectivity index is 1.45. The van der Waals surface area contributed by atoms with E-state index in [1.165, 1.54) is 22.0 Å². The lowest BCUT2D eigenvalue weighted by atomic mass is 9.86. The Morgan fingerprint density at radius 3 is 2.97 bits per heavy atom. The van der Waals surface area contributed by atoms with Crippen molar-refractivity contribution in [3.63, 3.8) is 0 Å². The zero-order valence-electron chi connectivity index (χ0n) is 19.5. The molecule has 9 nitrogen and oxygen atoms in total. The second-order valence-electron chi connectivity index (χ2n) is 8.52. The zero-order valence-corrected chi connectivity index (χ0v) is 21.1. The van der Waals surface area contributed by atoms with Crippen LogP contribution in [0.5, 0.6) is 5.75 Å². The van der Waals surface area contributed by atoms with Crippen molar-refractivity contribution in [3.05, 3.63) is 28.9 Å². The number of nitrogens with one attached hydrogen (secondary N) is 1. The predicted molar refractivity (Wildman–Crippen MR) is 134 cm³/mol. The largest absolute Gasteiger partial charge is 0.494 e. The molecule has 2 atom stereocenters. The number of thiophene rings is 1. The van der Waals surface area contributed by atoms with E-state index >= 15 is 0 Å². The molecule has 34 heavy (non-hydrogen) atoms. The number of hydrogen-bond donors (Lipinski definition) is 1. The predicted octanol–water partition coefficient (Wildman–Crippen LogP) is 4.05. The third-order valence-electron chi connectivity index (χ3n) is 6.43. The molecule has 1 aromatic carbocycles. The van der Waals surface area contributed by atoms with Crippen LogP contribution < -0.4 is 10.1 Å². The van der Waals surface area contributed by atoms with Crippen molar-refractivity contribution in [1.29, 1.82) is 0 Å². The molecule has 0 fully saturated rings. The summed E-state index contributed by atoms with van der Waals surface area (Å²) < 4.78 is 15.8. The number of anilines is 2. The minimum Gasteiger partial charge on any atom is -0.494 e. The van der Waals surface area contributed by atoms with Crippen molar-refractivity contribution >= 4 is 60.7 Å². The highest BCUT2D eigenvalue weighted by Gasteiger charge is 2.32. The van der Waals surface area contributed by atoms with Gasteiger partial charge in [0.2, 0.25) is 5.91 Å². The lowest BCUT2D eigenvalue weighted by Gasteiger charge is -2.30. The van der Waals surface area contributed by atoms with Crippen molar-refractivity contribution in [2.45, 2.75) is 32.2 Å². The first-order valence-corrected chi connectivity index (χ1v) is 12.7. The Labute approximate surface area is 205 Å². The van der Waals surface area contributed by atoms with E-state index in [9.17, 15) is 4.79 Å². The van der Waals surface area contributed by atoms with Crippen LogP contribution in [-0.4, -0.2) is 64.3 Å². The zero-order chi connectivity index (χ0) is 23.8. The molecule has 1 amide bonds. The van der Waals surface area contributed by atoms with Gasteiger partial charge < -0.3 is 19.7 Å². The van der Waals surface area contributed by atoms with Gasteiger partial charge >= 0.3 is 0 Å². The normalized spacial score (nSPS) is 16.4. The fourth-order valence-corrected chi connectivity index (χ4v) is 6.32. The van der Waals surface area contributed by atoms with Gasteiger partial charge in [-0.25, -0.2) is 9.97 Å². The Kier molecular flexibility index (Phi) is 6.32. The minimum absolute atomic E-state index is 0.0319. The SMILES string of the molecule is COC[C@@H](C)N(C)C(=O)[C@H]1CCc2c(sc3ncnc(Nc4cc5snnc5cc4OC)c23)C1. The standard InChI is InChI=1S/C23H26N6O3S2/c1-12(10-31-3)29(2)23(30)13-5-6-14-18(7-13)33-22-20(14)21(24-11-25-22)26-15-9-19-16(27-28-34-19)8-17(15)32-4/h8-9,11-13H,5-7,10H2,1-4H3,(H,24,25,26)/t12-,13+/m1/s1. The molecule has 178 valence electrons. The molecule has 11 heteroatoms. The van der Waals surface area contributed by atoms with Crippen LogP contribution in [0.15, 0.2) is 18.5 Å². The molecule has 0 aliphatic heterocycles. The highest BCUT2D eigenvalue weighted by Crippen LogP contribution is 2.42. The van der Waals surface area contributed by atoms with E-state index < -0.39 is 0 Å². The highest BCUT2D eigenvalue weighted by molar-refractivity contribution is 7.19. The van der Waals surface area contributed by atoms with Crippen LogP contribution in [0.4, 0.5) is 11.5 Å². The first-order chi connectivity index (χ1) is 16.5. The van der Waals surface area contributed by atoms with Crippen LogP contribution in [0.3, 0.4) is 0 Å². The summed E-state index contributed by atoms with van der Waals surface area (Å²) in [5, 5.41) is 8.61. The van der Waals surface area contributed by atoms with Gasteiger partial charge in [-0.05, 0) is 49.3 Å². The fraction of sp³-hybridized carbons (Fsp3) is 0.435. The molecule has 3 heterocycles. The number of hydrogen-bond acceptors (Lipinski definition) is 10. The van der Waals surface area contributed by atoms with E-state index in [1.807, 2.05) is 31.0 Å². The summed E-state index contributed by atoms with van der Waals surface area (Å²) in [6.45, 7) is 2.54. The molecule has 3 aromatic heterocycles. The Morgan fingerprint density at radius 1 is 1.32 bits per heavy atom. The molecule has 5 rings (SSSR count). The van der Waals surface area contributed by atoms with Gasteiger partial charge in [0.25, 0.3) is 0 Å². The second kappa shape index (κ2) is 9.40. The van der Waals surface area contributed by atoms with E-state index in [-0.39, 0.29) is 17.9 Å². The maximum atomic E-state index is 13.1. The molecule has 1 aliphatic carbocycles. The smallest absolute Gasteiger partial charge is 0.226 e. The molecular formula is C23H26N6O3S2. The topological polar surface area (TPSA) is 102 Å². The Morgan fingerprint density at radius 2 is 2.18 bits per heavy atom. The summed E-state index contributed by atoms with van der Waals surface area (Å²) in [5.41, 5.74) is 2.84. The first kappa shape index (κ1) is 22.9. The van der Waals surface area contributed by atoms with Crippen molar-refractivity contribution in [2.75, 3.05) is 33.2 Å². The maximum Gasteiger partial charge on any atom is 0.226 e. The summed E-state index contributed by atoms with van der Waals surface area (Å²) in [4.78, 5) is 26.2. The number of aromatic nitrogens is 4. The molecular weight excluding hydrogens is 472 g/mol. The van der Waals surface area contributed by atoms with Gasteiger partial charge in [0.05, 0.1) is 35.5 Å². The molecule has 0 radical (unpaired) electrons. The number of nitrogens with zero attached hydrogens (tertiary/aromatic N) is 5. The number of ether oxygens (including phenoxy) is 2. The van der Waals surface area contributed by atoms with Gasteiger partial charge in [0, 0.05) is 31.0 Å². The van der Waals surface area contributed by atoms with Gasteiger partial charge in [-0.1, -0.05) is 4.49 Å². The highest BCUT2D eigenvalue weighted by atomic mass is 32.1. The summed E-state index contributed by atoms with van der Waals surface area (Å²) in [5.74, 6) is 1.56. The molecule has 0 saturated heterocycles. The number of likely N-dealkylation sites (N-methyl/N-ethyl adjacent to an activating group) is 1. The van der Waals surface area contributed by atoms with Crippen molar-refractivity contribution < 1.29 is 14.3 Å². The van der Waals surface area contributed by atoms with Crippen LogP contribution in [0.25, 0.3) is 20.4 Å². The van der Waals surface area contributed by atoms with Gasteiger partial charge in [0.1, 0.15) is 28.2 Å². The lowest BCUT2D eigenvalue weighted by molar-refractivity contribution is -0.137. The number of carbonyl (C=O) groups excluding carboxylic acids is 1. The molecule has 1 N–H and O–H groups in total. The Hall–Kier alpha value is -2.89. The number of methoxy groups -OCH3 is 2. The first-order valence-electron chi connectivity index (χ1n) is 11.1. The number of carbonyl (C=O) groups is 1. The summed E-state index contributed by atoms with van der Waals surface area (Å²) in [6.07, 6.45) is 3.92. The maximum absolute atomic E-state index is 13.1. The van der Waals surface area contributed by atoms with E-state index in [0.29, 0.717) is 12.4 Å².